The van der Waals surface area contributed by atoms with Crippen LogP contribution in [0.2, 0.25) is 0 Å². The lowest BCUT2D eigenvalue weighted by Gasteiger charge is -2.20. The van der Waals surface area contributed by atoms with E-state index in [1.54, 1.807) is 0 Å². The molecule has 1 unspecified atom stereocenters. The highest BCUT2D eigenvalue weighted by atomic mass is 16.4. The van der Waals surface area contributed by atoms with E-state index in [4.69, 9.17) is 10.9 Å². The van der Waals surface area contributed by atoms with Gasteiger partial charge in [0.15, 0.2) is 5.84 Å². The van der Waals surface area contributed by atoms with Crippen molar-refractivity contribution in [3.8, 4) is 0 Å². The van der Waals surface area contributed by atoms with Crippen LogP contribution in [0.4, 0.5) is 0 Å². The number of oxime groups is 1. The molecule has 0 aromatic carbocycles. The van der Waals surface area contributed by atoms with Gasteiger partial charge in [-0.05, 0) is 20.5 Å². The van der Waals surface area contributed by atoms with Crippen LogP contribution in [0.1, 0.15) is 13.3 Å². The van der Waals surface area contributed by atoms with E-state index in [0.717, 1.165) is 6.42 Å². The molecule has 0 heterocycles. The molecule has 0 radical (unpaired) electrons. The SMILES string of the molecule is CCC(/C(N)=N/O)N(C)C. The van der Waals surface area contributed by atoms with Crippen LogP contribution in [-0.4, -0.2) is 36.1 Å². The molecule has 0 aliphatic rings. The number of amidine groups is 1. The van der Waals surface area contributed by atoms with Crippen LogP contribution in [0.5, 0.6) is 0 Å². The molecule has 3 N–H and O–H groups in total. The van der Waals surface area contributed by atoms with E-state index < -0.39 is 0 Å². The molecule has 0 bridgehead atoms. The molecule has 0 fully saturated rings. The minimum absolute atomic E-state index is 0.0463. The molecule has 4 heteroatoms. The lowest BCUT2D eigenvalue weighted by atomic mass is 10.2. The largest absolute Gasteiger partial charge is 0.409 e. The van der Waals surface area contributed by atoms with Gasteiger partial charge >= 0.3 is 0 Å². The van der Waals surface area contributed by atoms with Gasteiger partial charge in [0.1, 0.15) is 0 Å². The first-order valence-corrected chi connectivity index (χ1v) is 3.27. The Balaban J connectivity index is 4.07. The van der Waals surface area contributed by atoms with Gasteiger partial charge < -0.3 is 10.9 Å². The summed E-state index contributed by atoms with van der Waals surface area (Å²) in [7, 11) is 3.79. The van der Waals surface area contributed by atoms with E-state index in [0.29, 0.717) is 0 Å². The monoisotopic (exact) mass is 145 g/mol. The molecule has 0 aliphatic carbocycles. The Morgan fingerprint density at radius 2 is 2.20 bits per heavy atom. The number of likely N-dealkylation sites (N-methyl/N-ethyl adjacent to an activating group) is 1. The molecule has 0 aromatic rings. The molecule has 4 nitrogen and oxygen atoms in total. The first-order valence-electron chi connectivity index (χ1n) is 3.27. The van der Waals surface area contributed by atoms with Gasteiger partial charge in [-0.25, -0.2) is 0 Å². The van der Waals surface area contributed by atoms with Gasteiger partial charge in [0.25, 0.3) is 0 Å². The van der Waals surface area contributed by atoms with Crippen LogP contribution in [0, 0.1) is 0 Å². The van der Waals surface area contributed by atoms with Gasteiger partial charge in [-0.15, -0.1) is 0 Å². The minimum Gasteiger partial charge on any atom is -0.409 e. The average Bonchev–Trinajstić information content (AvgIpc) is 1.88. The summed E-state index contributed by atoms with van der Waals surface area (Å²) in [6.07, 6.45) is 0.850. The van der Waals surface area contributed by atoms with Crippen LogP contribution in [-0.2, 0) is 0 Å². The van der Waals surface area contributed by atoms with E-state index in [-0.39, 0.29) is 11.9 Å². The molecule has 0 spiro atoms. The Hall–Kier alpha value is -0.770. The lowest BCUT2D eigenvalue weighted by Crippen LogP contribution is -2.39. The van der Waals surface area contributed by atoms with Crippen LogP contribution in [0.15, 0.2) is 5.16 Å². The van der Waals surface area contributed by atoms with E-state index in [1.165, 1.54) is 0 Å². The van der Waals surface area contributed by atoms with Crippen molar-refractivity contribution in [2.45, 2.75) is 19.4 Å². The Morgan fingerprint density at radius 1 is 1.70 bits per heavy atom. The zero-order valence-electron chi connectivity index (χ0n) is 6.70. The molecule has 1 atom stereocenters. The van der Waals surface area contributed by atoms with E-state index >= 15 is 0 Å². The molecule has 0 aliphatic heterocycles. The van der Waals surface area contributed by atoms with Gasteiger partial charge in [-0.3, -0.25) is 4.90 Å². The van der Waals surface area contributed by atoms with Crippen molar-refractivity contribution in [3.05, 3.63) is 0 Å². The molecule has 0 aromatic heterocycles. The number of rotatable bonds is 3. The van der Waals surface area contributed by atoms with Crippen LogP contribution in [0.3, 0.4) is 0 Å². The summed E-state index contributed by atoms with van der Waals surface area (Å²) in [5.74, 6) is 0.271. The van der Waals surface area contributed by atoms with Crippen LogP contribution < -0.4 is 5.73 Å². The second-order valence-electron chi connectivity index (χ2n) is 2.41. The second kappa shape index (κ2) is 4.11. The fourth-order valence-corrected chi connectivity index (χ4v) is 0.905. The highest BCUT2D eigenvalue weighted by Gasteiger charge is 2.12. The Morgan fingerprint density at radius 3 is 2.30 bits per heavy atom. The van der Waals surface area contributed by atoms with Crippen molar-refractivity contribution >= 4 is 5.84 Å². The summed E-state index contributed by atoms with van der Waals surface area (Å²) < 4.78 is 0. The first-order chi connectivity index (χ1) is 4.63. The summed E-state index contributed by atoms with van der Waals surface area (Å²) in [6.45, 7) is 1.99. The highest BCUT2D eigenvalue weighted by Crippen LogP contribution is 1.97. The van der Waals surface area contributed by atoms with Crippen molar-refractivity contribution in [1.82, 2.24) is 4.90 Å². The number of hydrogen-bond donors (Lipinski definition) is 2. The fourth-order valence-electron chi connectivity index (χ4n) is 0.905. The number of nitrogens with zero attached hydrogens (tertiary/aromatic N) is 2. The van der Waals surface area contributed by atoms with Crippen molar-refractivity contribution in [2.24, 2.45) is 10.9 Å². The quantitative estimate of drug-likeness (QED) is 0.256. The maximum absolute atomic E-state index is 8.32. The molecule has 0 saturated carbocycles. The van der Waals surface area contributed by atoms with E-state index in [1.807, 2.05) is 25.9 Å². The van der Waals surface area contributed by atoms with E-state index in [2.05, 4.69) is 5.16 Å². The number of hydrogen-bond acceptors (Lipinski definition) is 3. The first kappa shape index (κ1) is 9.23. The molecular formula is C6H15N3O. The third kappa shape index (κ3) is 2.23. The predicted molar refractivity (Wildman–Crippen MR) is 41.2 cm³/mol. The Labute approximate surface area is 61.3 Å². The molecule has 60 valence electrons. The smallest absolute Gasteiger partial charge is 0.156 e. The van der Waals surface area contributed by atoms with Gasteiger partial charge in [0.05, 0.1) is 6.04 Å². The average molecular weight is 145 g/mol. The van der Waals surface area contributed by atoms with E-state index in [9.17, 15) is 0 Å². The third-order valence-corrected chi connectivity index (χ3v) is 1.47. The molecule has 0 amide bonds. The third-order valence-electron chi connectivity index (χ3n) is 1.47. The zero-order valence-corrected chi connectivity index (χ0v) is 6.70. The van der Waals surface area contributed by atoms with Crippen molar-refractivity contribution in [1.29, 1.82) is 0 Å². The minimum atomic E-state index is 0.0463. The summed E-state index contributed by atoms with van der Waals surface area (Å²) in [6, 6.07) is 0.0463. The lowest BCUT2D eigenvalue weighted by molar-refractivity contribution is 0.298. The fraction of sp³-hybridized carbons (Fsp3) is 0.833. The normalized spacial score (nSPS) is 15.8. The highest BCUT2D eigenvalue weighted by molar-refractivity contribution is 5.85. The van der Waals surface area contributed by atoms with Gasteiger partial charge in [-0.1, -0.05) is 12.1 Å². The van der Waals surface area contributed by atoms with Crippen LogP contribution >= 0.6 is 0 Å². The summed E-state index contributed by atoms with van der Waals surface area (Å²) >= 11 is 0. The van der Waals surface area contributed by atoms with Gasteiger partial charge in [0, 0.05) is 0 Å². The Kier molecular flexibility index (Phi) is 3.79. The standard InChI is InChI=1S/C6H15N3O/c1-4-5(9(2)3)6(7)8-10/h5,10H,4H2,1-3H3,(H2,7,8). The summed E-state index contributed by atoms with van der Waals surface area (Å²) in [4.78, 5) is 1.91. The van der Waals surface area contributed by atoms with Gasteiger partial charge in [0.2, 0.25) is 0 Å². The maximum atomic E-state index is 8.32. The van der Waals surface area contributed by atoms with Crippen molar-refractivity contribution in [3.63, 3.8) is 0 Å². The van der Waals surface area contributed by atoms with Crippen LogP contribution in [0.25, 0.3) is 0 Å². The molecule has 0 rings (SSSR count). The summed E-state index contributed by atoms with van der Waals surface area (Å²) in [5.41, 5.74) is 5.39. The maximum Gasteiger partial charge on any atom is 0.156 e. The second-order valence-corrected chi connectivity index (χ2v) is 2.41. The molecule has 10 heavy (non-hydrogen) atoms. The zero-order chi connectivity index (χ0) is 8.15. The Bertz CT molecular complexity index is 122. The number of nitrogens with two attached hydrogens (primary N) is 1. The van der Waals surface area contributed by atoms with Crippen molar-refractivity contribution in [2.75, 3.05) is 14.1 Å². The molecular weight excluding hydrogens is 130 g/mol. The topological polar surface area (TPSA) is 61.9 Å². The van der Waals surface area contributed by atoms with Crippen molar-refractivity contribution < 1.29 is 5.21 Å². The van der Waals surface area contributed by atoms with Gasteiger partial charge in [-0.2, -0.15) is 0 Å². The molecule has 0 saturated heterocycles. The summed E-state index contributed by atoms with van der Waals surface area (Å²) in [5, 5.41) is 11.3. The predicted octanol–water partition coefficient (Wildman–Crippen LogP) is 0.0730.